The fraction of sp³-hybridized carbons (Fsp3) is 1.00. The maximum absolute atomic E-state index is 5.50. The van der Waals surface area contributed by atoms with Gasteiger partial charge in [0.05, 0.1) is 0 Å². The van der Waals surface area contributed by atoms with Crippen LogP contribution in [0, 0.1) is 5.41 Å². The molecule has 0 aromatic rings. The zero-order valence-electron chi connectivity index (χ0n) is 7.18. The summed E-state index contributed by atoms with van der Waals surface area (Å²) in [6.07, 6.45) is 5.88. The second-order valence-corrected chi connectivity index (χ2v) is 4.13. The van der Waals surface area contributed by atoms with Gasteiger partial charge in [-0.15, -0.1) is 0 Å². The van der Waals surface area contributed by atoms with Gasteiger partial charge in [0, 0.05) is 13.1 Å². The van der Waals surface area contributed by atoms with Crippen LogP contribution in [0.4, 0.5) is 0 Å². The first-order valence-electron chi connectivity index (χ1n) is 4.77. The van der Waals surface area contributed by atoms with Crippen LogP contribution in [0.1, 0.15) is 25.7 Å². The van der Waals surface area contributed by atoms with E-state index in [-0.39, 0.29) is 0 Å². The molecule has 0 amide bonds. The highest BCUT2D eigenvalue weighted by Crippen LogP contribution is 2.53. The fourth-order valence-electron chi connectivity index (χ4n) is 2.11. The maximum atomic E-state index is 5.50. The van der Waals surface area contributed by atoms with E-state index in [9.17, 15) is 0 Å². The molecule has 2 fully saturated rings. The van der Waals surface area contributed by atoms with Crippen molar-refractivity contribution in [3.05, 3.63) is 0 Å². The second-order valence-electron chi connectivity index (χ2n) is 4.13. The van der Waals surface area contributed by atoms with Crippen LogP contribution in [0.5, 0.6) is 0 Å². The Bertz CT molecular complexity index is 130. The molecule has 1 saturated carbocycles. The first-order chi connectivity index (χ1) is 5.35. The topological polar surface area (TPSA) is 29.3 Å². The van der Waals surface area contributed by atoms with Gasteiger partial charge >= 0.3 is 0 Å². The highest BCUT2D eigenvalue weighted by Gasteiger charge is 2.43. The van der Waals surface area contributed by atoms with Crippen LogP contribution in [0.3, 0.4) is 0 Å². The number of likely N-dealkylation sites (tertiary alicyclic amines) is 1. The minimum Gasteiger partial charge on any atom is -0.329 e. The molecule has 11 heavy (non-hydrogen) atoms. The van der Waals surface area contributed by atoms with Gasteiger partial charge in [-0.3, -0.25) is 0 Å². The molecule has 2 nitrogen and oxygen atoms in total. The Morgan fingerprint density at radius 3 is 2.18 bits per heavy atom. The molecule has 2 rings (SSSR count). The number of hydrogen-bond acceptors (Lipinski definition) is 2. The number of nitrogens with two attached hydrogens (primary N) is 1. The smallest absolute Gasteiger partial charge is 0.0105 e. The predicted octanol–water partition coefficient (Wildman–Crippen LogP) is 0.821. The van der Waals surface area contributed by atoms with Gasteiger partial charge in [-0.25, -0.2) is 0 Å². The SMILES string of the molecule is NCCN1CCC2(CC1)CC2. The average Bonchev–Trinajstić information content (AvgIpc) is 2.76. The van der Waals surface area contributed by atoms with E-state index in [4.69, 9.17) is 5.73 Å². The Labute approximate surface area is 68.7 Å². The van der Waals surface area contributed by atoms with E-state index in [0.29, 0.717) is 0 Å². The van der Waals surface area contributed by atoms with Crippen molar-refractivity contribution < 1.29 is 0 Å². The molecule has 2 N–H and O–H groups in total. The van der Waals surface area contributed by atoms with Crippen molar-refractivity contribution in [3.8, 4) is 0 Å². The van der Waals surface area contributed by atoms with Crippen molar-refractivity contribution in [1.82, 2.24) is 4.90 Å². The highest BCUT2D eigenvalue weighted by molar-refractivity contribution is 4.96. The van der Waals surface area contributed by atoms with E-state index in [1.165, 1.54) is 38.8 Å². The fourth-order valence-corrected chi connectivity index (χ4v) is 2.11. The lowest BCUT2D eigenvalue weighted by atomic mass is 9.94. The Kier molecular flexibility index (Phi) is 1.90. The van der Waals surface area contributed by atoms with E-state index in [1.54, 1.807) is 0 Å². The monoisotopic (exact) mass is 154 g/mol. The molecule has 0 bridgehead atoms. The van der Waals surface area contributed by atoms with Crippen LogP contribution in [0.25, 0.3) is 0 Å². The van der Waals surface area contributed by atoms with Gasteiger partial charge in [-0.2, -0.15) is 0 Å². The molecule has 0 aromatic carbocycles. The van der Waals surface area contributed by atoms with Crippen LogP contribution >= 0.6 is 0 Å². The van der Waals surface area contributed by atoms with E-state index in [0.717, 1.165) is 18.5 Å². The van der Waals surface area contributed by atoms with Crippen LogP contribution in [0.2, 0.25) is 0 Å². The zero-order valence-corrected chi connectivity index (χ0v) is 7.18. The van der Waals surface area contributed by atoms with Crippen LogP contribution in [-0.4, -0.2) is 31.1 Å². The Hall–Kier alpha value is -0.0800. The van der Waals surface area contributed by atoms with Crippen LogP contribution < -0.4 is 5.73 Å². The molecule has 2 heteroatoms. The van der Waals surface area contributed by atoms with Crippen molar-refractivity contribution in [1.29, 1.82) is 0 Å². The van der Waals surface area contributed by atoms with Gasteiger partial charge < -0.3 is 10.6 Å². The third-order valence-electron chi connectivity index (χ3n) is 3.32. The standard InChI is InChI=1S/C9H18N2/c10-5-8-11-6-3-9(1-2-9)4-7-11/h1-8,10H2. The van der Waals surface area contributed by atoms with Gasteiger partial charge in [0.2, 0.25) is 0 Å². The lowest BCUT2D eigenvalue weighted by molar-refractivity contribution is 0.177. The summed E-state index contributed by atoms with van der Waals surface area (Å²) in [7, 11) is 0. The summed E-state index contributed by atoms with van der Waals surface area (Å²) in [4.78, 5) is 2.50. The van der Waals surface area contributed by atoms with Crippen molar-refractivity contribution >= 4 is 0 Å². The summed E-state index contributed by atoms with van der Waals surface area (Å²) in [6.45, 7) is 4.54. The Balaban J connectivity index is 1.75. The molecule has 0 unspecified atom stereocenters. The molecule has 1 heterocycles. The average molecular weight is 154 g/mol. The van der Waals surface area contributed by atoms with E-state index >= 15 is 0 Å². The third-order valence-corrected chi connectivity index (χ3v) is 3.32. The molecule has 1 spiro atoms. The molecule has 0 atom stereocenters. The molecular weight excluding hydrogens is 136 g/mol. The quantitative estimate of drug-likeness (QED) is 0.638. The number of piperidine rings is 1. The van der Waals surface area contributed by atoms with Gasteiger partial charge in [0.15, 0.2) is 0 Å². The van der Waals surface area contributed by atoms with Crippen molar-refractivity contribution in [2.24, 2.45) is 11.1 Å². The predicted molar refractivity (Wildman–Crippen MR) is 46.4 cm³/mol. The minimum atomic E-state index is 0.825. The molecular formula is C9H18N2. The van der Waals surface area contributed by atoms with Gasteiger partial charge in [0.25, 0.3) is 0 Å². The molecule has 1 aliphatic carbocycles. The largest absolute Gasteiger partial charge is 0.329 e. The highest BCUT2D eigenvalue weighted by atomic mass is 15.1. The van der Waals surface area contributed by atoms with Gasteiger partial charge in [-0.1, -0.05) is 0 Å². The van der Waals surface area contributed by atoms with Crippen LogP contribution in [-0.2, 0) is 0 Å². The summed E-state index contributed by atoms with van der Waals surface area (Å²) in [5.74, 6) is 0. The summed E-state index contributed by atoms with van der Waals surface area (Å²) >= 11 is 0. The van der Waals surface area contributed by atoms with Gasteiger partial charge in [-0.05, 0) is 44.2 Å². The number of rotatable bonds is 2. The van der Waals surface area contributed by atoms with Crippen molar-refractivity contribution in [3.63, 3.8) is 0 Å². The summed E-state index contributed by atoms with van der Waals surface area (Å²) in [5.41, 5.74) is 6.33. The molecule has 1 aliphatic heterocycles. The Morgan fingerprint density at radius 2 is 1.73 bits per heavy atom. The lowest BCUT2D eigenvalue weighted by Crippen LogP contribution is -2.37. The molecule has 0 aromatic heterocycles. The van der Waals surface area contributed by atoms with Crippen LogP contribution in [0.15, 0.2) is 0 Å². The van der Waals surface area contributed by atoms with E-state index in [2.05, 4.69) is 4.90 Å². The second kappa shape index (κ2) is 2.76. The summed E-state index contributed by atoms with van der Waals surface area (Å²) < 4.78 is 0. The number of nitrogens with zero attached hydrogens (tertiary/aromatic N) is 1. The first kappa shape index (κ1) is 7.56. The lowest BCUT2D eigenvalue weighted by Gasteiger charge is -2.31. The molecule has 0 radical (unpaired) electrons. The van der Waals surface area contributed by atoms with Gasteiger partial charge in [0.1, 0.15) is 0 Å². The van der Waals surface area contributed by atoms with E-state index in [1.807, 2.05) is 0 Å². The maximum Gasteiger partial charge on any atom is 0.0105 e. The molecule has 64 valence electrons. The first-order valence-corrected chi connectivity index (χ1v) is 4.77. The molecule has 1 saturated heterocycles. The minimum absolute atomic E-state index is 0.825. The van der Waals surface area contributed by atoms with E-state index < -0.39 is 0 Å². The van der Waals surface area contributed by atoms with Crippen molar-refractivity contribution in [2.75, 3.05) is 26.2 Å². The Morgan fingerprint density at radius 1 is 1.09 bits per heavy atom. The number of hydrogen-bond donors (Lipinski definition) is 1. The normalized spacial score (nSPS) is 29.2. The third kappa shape index (κ3) is 1.57. The summed E-state index contributed by atoms with van der Waals surface area (Å²) in [6, 6.07) is 0. The van der Waals surface area contributed by atoms with Crippen molar-refractivity contribution in [2.45, 2.75) is 25.7 Å². The summed E-state index contributed by atoms with van der Waals surface area (Å²) in [5, 5.41) is 0. The molecule has 2 aliphatic rings. The zero-order chi connectivity index (χ0) is 7.73.